The van der Waals surface area contributed by atoms with Crippen molar-refractivity contribution >= 4 is 10.9 Å². The topological polar surface area (TPSA) is 19.0 Å². The molecule has 1 aromatic heterocycles. The second kappa shape index (κ2) is 10.2. The molecule has 2 heteroatoms. The van der Waals surface area contributed by atoms with E-state index in [1.807, 2.05) is 27.7 Å². The summed E-state index contributed by atoms with van der Waals surface area (Å²) in [5.74, 6) is 0. The molecule has 0 aliphatic carbocycles. The molecule has 2 aromatic carbocycles. The largest absolute Gasteiger partial charge is 0.358 e. The Hall–Kier alpha value is -2.06. The molecule has 4 rings (SSSR count). The second-order valence-corrected chi connectivity index (χ2v) is 6.43. The highest BCUT2D eigenvalue weighted by atomic mass is 15.1. The van der Waals surface area contributed by atoms with E-state index in [9.17, 15) is 0 Å². The predicted octanol–water partition coefficient (Wildman–Crippen LogP) is 5.84. The molecule has 0 radical (unpaired) electrons. The van der Waals surface area contributed by atoms with Gasteiger partial charge in [-0.3, -0.25) is 0 Å². The van der Waals surface area contributed by atoms with Crippen LogP contribution in [0.4, 0.5) is 0 Å². The summed E-state index contributed by atoms with van der Waals surface area (Å²) >= 11 is 0. The summed E-state index contributed by atoms with van der Waals surface area (Å²) in [5.41, 5.74) is 7.05. The third kappa shape index (κ3) is 4.76. The van der Waals surface area contributed by atoms with E-state index in [1.165, 1.54) is 33.3 Å². The van der Waals surface area contributed by atoms with Crippen molar-refractivity contribution in [2.45, 2.75) is 47.0 Å². The van der Waals surface area contributed by atoms with Crippen LogP contribution in [-0.4, -0.2) is 30.0 Å². The van der Waals surface area contributed by atoms with Crippen molar-refractivity contribution in [1.29, 1.82) is 0 Å². The molecule has 1 N–H and O–H groups in total. The van der Waals surface area contributed by atoms with Crippen LogP contribution >= 0.6 is 0 Å². The predicted molar refractivity (Wildman–Crippen MR) is 115 cm³/mol. The van der Waals surface area contributed by atoms with Crippen molar-refractivity contribution in [3.63, 3.8) is 0 Å². The van der Waals surface area contributed by atoms with Crippen molar-refractivity contribution in [2.75, 3.05) is 20.1 Å². The maximum atomic E-state index is 3.64. The number of H-pyrrole nitrogens is 1. The molecule has 1 aliphatic heterocycles. The van der Waals surface area contributed by atoms with Crippen molar-refractivity contribution in [1.82, 2.24) is 9.88 Å². The van der Waals surface area contributed by atoms with Crippen LogP contribution in [0, 0.1) is 0 Å². The van der Waals surface area contributed by atoms with Crippen molar-refractivity contribution in [2.24, 2.45) is 0 Å². The number of nitrogens with one attached hydrogen (secondary N) is 1. The molecule has 0 spiro atoms. The molecular weight excluding hydrogens is 316 g/mol. The quantitative estimate of drug-likeness (QED) is 0.615. The molecule has 0 fully saturated rings. The van der Waals surface area contributed by atoms with Gasteiger partial charge in [0.15, 0.2) is 0 Å². The first-order valence-corrected chi connectivity index (χ1v) is 10.1. The highest BCUT2D eigenvalue weighted by Gasteiger charge is 2.16. The number of benzene rings is 2. The monoisotopic (exact) mass is 350 g/mol. The molecule has 0 amide bonds. The van der Waals surface area contributed by atoms with Crippen molar-refractivity contribution in [3.05, 3.63) is 70.9 Å². The van der Waals surface area contributed by atoms with Crippen LogP contribution in [0.2, 0.25) is 0 Å². The second-order valence-electron chi connectivity index (χ2n) is 6.43. The first-order chi connectivity index (χ1) is 12.8. The molecule has 2 nitrogen and oxygen atoms in total. The summed E-state index contributed by atoms with van der Waals surface area (Å²) in [6, 6.07) is 17.6. The Bertz CT molecular complexity index is 787. The van der Waals surface area contributed by atoms with Gasteiger partial charge in [-0.25, -0.2) is 0 Å². The van der Waals surface area contributed by atoms with E-state index in [4.69, 9.17) is 0 Å². The van der Waals surface area contributed by atoms with Crippen LogP contribution in [-0.2, 0) is 19.3 Å². The zero-order chi connectivity index (χ0) is 18.9. The average molecular weight is 351 g/mol. The molecule has 0 unspecified atom stereocenters. The van der Waals surface area contributed by atoms with Gasteiger partial charge in [0.25, 0.3) is 0 Å². The summed E-state index contributed by atoms with van der Waals surface area (Å²) in [7, 11) is 2.22. The van der Waals surface area contributed by atoms with Crippen LogP contribution in [0.15, 0.2) is 48.5 Å². The van der Waals surface area contributed by atoms with Gasteiger partial charge in [0.2, 0.25) is 0 Å². The minimum absolute atomic E-state index is 1.01. The van der Waals surface area contributed by atoms with E-state index in [2.05, 4.69) is 65.5 Å². The van der Waals surface area contributed by atoms with Crippen molar-refractivity contribution < 1.29 is 0 Å². The van der Waals surface area contributed by atoms with E-state index >= 15 is 0 Å². The number of rotatable bonds is 2. The van der Waals surface area contributed by atoms with Crippen molar-refractivity contribution in [3.8, 4) is 0 Å². The highest BCUT2D eigenvalue weighted by Crippen LogP contribution is 2.27. The Morgan fingerprint density at radius 3 is 2.27 bits per heavy atom. The molecule has 1 aliphatic rings. The lowest BCUT2D eigenvalue weighted by Gasteiger charge is -2.11. The van der Waals surface area contributed by atoms with Gasteiger partial charge in [-0.15, -0.1) is 0 Å². The van der Waals surface area contributed by atoms with Crippen LogP contribution in [0.25, 0.3) is 10.9 Å². The van der Waals surface area contributed by atoms with Gasteiger partial charge >= 0.3 is 0 Å². The highest BCUT2D eigenvalue weighted by molar-refractivity contribution is 5.85. The molecule has 0 atom stereocenters. The molecule has 0 saturated heterocycles. The maximum Gasteiger partial charge on any atom is 0.0459 e. The first-order valence-electron chi connectivity index (χ1n) is 10.1. The van der Waals surface area contributed by atoms with Gasteiger partial charge < -0.3 is 9.88 Å². The standard InChI is InChI=1S/C20H22N2.2C2H6/c1-22-11-9-17-18-14-16(13-15-5-3-2-4-6-15)7-8-19(18)21-20(17)10-12-22;2*1-2/h2-8,14,21H,9-13H2,1H3;2*1-2H3. The van der Waals surface area contributed by atoms with Gasteiger partial charge in [0.05, 0.1) is 0 Å². The average Bonchev–Trinajstić information content (AvgIpc) is 2.94. The Morgan fingerprint density at radius 1 is 0.846 bits per heavy atom. The number of aromatic nitrogens is 1. The zero-order valence-electron chi connectivity index (χ0n) is 17.1. The molecule has 140 valence electrons. The number of likely N-dealkylation sites (N-methyl/N-ethyl adjacent to an activating group) is 1. The summed E-state index contributed by atoms with van der Waals surface area (Å²) in [5, 5.41) is 1.43. The Labute approximate surface area is 159 Å². The summed E-state index contributed by atoms with van der Waals surface area (Å²) in [6.07, 6.45) is 3.30. The lowest BCUT2D eigenvalue weighted by atomic mass is 10.0. The molecule has 2 heterocycles. The van der Waals surface area contributed by atoms with Gasteiger partial charge in [0, 0.05) is 36.1 Å². The van der Waals surface area contributed by atoms with E-state index in [0.717, 1.165) is 32.4 Å². The molecule has 0 bridgehead atoms. The van der Waals surface area contributed by atoms with Crippen LogP contribution < -0.4 is 0 Å². The Kier molecular flexibility index (Phi) is 7.93. The van der Waals surface area contributed by atoms with Crippen LogP contribution in [0.5, 0.6) is 0 Å². The maximum absolute atomic E-state index is 3.64. The van der Waals surface area contributed by atoms with Gasteiger partial charge in [-0.2, -0.15) is 0 Å². The van der Waals surface area contributed by atoms with Gasteiger partial charge in [-0.05, 0) is 48.7 Å². The Morgan fingerprint density at radius 2 is 1.54 bits per heavy atom. The SMILES string of the molecule is CC.CC.CN1CCc2[nH]c3ccc(Cc4ccccc4)cc3c2CC1. The first kappa shape index (κ1) is 20.3. The third-order valence-corrected chi connectivity index (χ3v) is 4.80. The van der Waals surface area contributed by atoms with E-state index < -0.39 is 0 Å². The number of nitrogens with zero attached hydrogens (tertiary/aromatic N) is 1. The minimum atomic E-state index is 1.01. The summed E-state index contributed by atoms with van der Waals surface area (Å²) in [6.45, 7) is 10.3. The fraction of sp³-hybridized carbons (Fsp3) is 0.417. The van der Waals surface area contributed by atoms with Crippen LogP contribution in [0.1, 0.15) is 50.1 Å². The zero-order valence-corrected chi connectivity index (χ0v) is 17.1. The molecular formula is C24H34N2. The Balaban J connectivity index is 0.000000570. The number of aromatic amines is 1. The van der Waals surface area contributed by atoms with Crippen LogP contribution in [0.3, 0.4) is 0 Å². The fourth-order valence-corrected chi connectivity index (χ4v) is 3.51. The fourth-order valence-electron chi connectivity index (χ4n) is 3.51. The van der Waals surface area contributed by atoms with E-state index in [0.29, 0.717) is 0 Å². The number of hydrogen-bond donors (Lipinski definition) is 1. The molecule has 3 aromatic rings. The van der Waals surface area contributed by atoms with E-state index in [1.54, 1.807) is 0 Å². The third-order valence-electron chi connectivity index (χ3n) is 4.80. The normalized spacial score (nSPS) is 13.7. The summed E-state index contributed by atoms with van der Waals surface area (Å²) < 4.78 is 0. The minimum Gasteiger partial charge on any atom is -0.358 e. The lowest BCUT2D eigenvalue weighted by Crippen LogP contribution is -2.21. The van der Waals surface area contributed by atoms with Gasteiger partial charge in [0.1, 0.15) is 0 Å². The van der Waals surface area contributed by atoms with E-state index in [-0.39, 0.29) is 0 Å². The number of fused-ring (bicyclic) bond motifs is 3. The molecule has 26 heavy (non-hydrogen) atoms. The smallest absolute Gasteiger partial charge is 0.0459 e. The molecule has 0 saturated carbocycles. The number of hydrogen-bond acceptors (Lipinski definition) is 1. The summed E-state index contributed by atoms with van der Waals surface area (Å²) in [4.78, 5) is 6.07. The van der Waals surface area contributed by atoms with Gasteiger partial charge in [-0.1, -0.05) is 64.1 Å². The lowest BCUT2D eigenvalue weighted by molar-refractivity contribution is 0.352.